The lowest BCUT2D eigenvalue weighted by Gasteiger charge is -2.31. The molecule has 1 aliphatic heterocycles. The molecular weight excluding hydrogens is 392 g/mol. The monoisotopic (exact) mass is 410 g/mol. The van der Waals surface area contributed by atoms with Crippen molar-refractivity contribution in [3.05, 3.63) is 58.2 Å². The lowest BCUT2D eigenvalue weighted by molar-refractivity contribution is -0.132. The number of para-hydroxylation sites is 2. The van der Waals surface area contributed by atoms with Crippen molar-refractivity contribution in [1.29, 1.82) is 0 Å². The molecule has 0 N–H and O–H groups in total. The fraction of sp³-hybridized carbons (Fsp3) is 0.300. The van der Waals surface area contributed by atoms with Gasteiger partial charge in [0.15, 0.2) is 16.4 Å². The Kier molecular flexibility index (Phi) is 4.51. The van der Waals surface area contributed by atoms with Gasteiger partial charge in [-0.2, -0.15) is 0 Å². The SMILES string of the molecule is O=C(Cn1c(=O)oc2ccccc21)N1CCC(c2nnc(-c3ccco3)s2)CC1. The van der Waals surface area contributed by atoms with Gasteiger partial charge in [0.25, 0.3) is 0 Å². The van der Waals surface area contributed by atoms with E-state index in [-0.39, 0.29) is 18.4 Å². The number of carbonyl (C=O) groups is 1. The van der Waals surface area contributed by atoms with E-state index in [9.17, 15) is 9.59 Å². The topological polar surface area (TPSA) is 94.4 Å². The van der Waals surface area contributed by atoms with Crippen LogP contribution in [0.15, 0.2) is 56.3 Å². The second kappa shape index (κ2) is 7.32. The van der Waals surface area contributed by atoms with E-state index in [0.29, 0.717) is 24.2 Å². The molecule has 0 unspecified atom stereocenters. The maximum atomic E-state index is 12.8. The smallest absolute Gasteiger partial charge is 0.420 e. The molecule has 1 amide bonds. The van der Waals surface area contributed by atoms with Gasteiger partial charge in [-0.05, 0) is 37.1 Å². The van der Waals surface area contributed by atoms with Crippen molar-refractivity contribution in [3.8, 4) is 10.8 Å². The molecule has 0 spiro atoms. The number of amides is 1. The summed E-state index contributed by atoms with van der Waals surface area (Å²) in [7, 11) is 0. The van der Waals surface area contributed by atoms with E-state index < -0.39 is 5.76 Å². The number of likely N-dealkylation sites (tertiary alicyclic amines) is 1. The van der Waals surface area contributed by atoms with Crippen molar-refractivity contribution < 1.29 is 13.6 Å². The van der Waals surface area contributed by atoms with Crippen LogP contribution in [0, 0.1) is 0 Å². The Morgan fingerprint density at radius 2 is 1.97 bits per heavy atom. The van der Waals surface area contributed by atoms with Gasteiger partial charge in [-0.1, -0.05) is 23.5 Å². The highest BCUT2D eigenvalue weighted by Crippen LogP contribution is 2.33. The predicted molar refractivity (Wildman–Crippen MR) is 107 cm³/mol. The average molecular weight is 410 g/mol. The van der Waals surface area contributed by atoms with Crippen molar-refractivity contribution >= 4 is 28.3 Å². The van der Waals surface area contributed by atoms with Gasteiger partial charge in [0.1, 0.15) is 11.6 Å². The fourth-order valence-corrected chi connectivity index (χ4v) is 4.65. The molecule has 4 heterocycles. The maximum Gasteiger partial charge on any atom is 0.420 e. The van der Waals surface area contributed by atoms with Crippen LogP contribution in [0.3, 0.4) is 0 Å². The first-order chi connectivity index (χ1) is 14.2. The molecule has 0 bridgehead atoms. The summed E-state index contributed by atoms with van der Waals surface area (Å²) in [5.74, 6) is 0.413. The van der Waals surface area contributed by atoms with Gasteiger partial charge < -0.3 is 13.7 Å². The average Bonchev–Trinajstić information content (AvgIpc) is 3.49. The van der Waals surface area contributed by atoms with E-state index in [4.69, 9.17) is 8.83 Å². The zero-order valence-corrected chi connectivity index (χ0v) is 16.3. The van der Waals surface area contributed by atoms with E-state index in [0.717, 1.165) is 28.6 Å². The Bertz CT molecular complexity index is 1200. The number of rotatable bonds is 4. The summed E-state index contributed by atoms with van der Waals surface area (Å²) in [4.78, 5) is 26.7. The fourth-order valence-electron chi connectivity index (χ4n) is 3.67. The highest BCUT2D eigenvalue weighted by molar-refractivity contribution is 7.14. The minimum atomic E-state index is -0.506. The number of aromatic nitrogens is 3. The zero-order chi connectivity index (χ0) is 19.8. The number of nitrogens with zero attached hydrogens (tertiary/aromatic N) is 4. The Hall–Kier alpha value is -3.20. The van der Waals surface area contributed by atoms with Gasteiger partial charge >= 0.3 is 5.76 Å². The number of oxazole rings is 1. The largest absolute Gasteiger partial charge is 0.462 e. The van der Waals surface area contributed by atoms with E-state index in [1.807, 2.05) is 18.2 Å². The third kappa shape index (κ3) is 3.38. The number of carbonyl (C=O) groups excluding carboxylic acids is 1. The van der Waals surface area contributed by atoms with Crippen LogP contribution in [0.4, 0.5) is 0 Å². The van der Waals surface area contributed by atoms with Gasteiger partial charge in [-0.25, -0.2) is 4.79 Å². The summed E-state index contributed by atoms with van der Waals surface area (Å²) in [5, 5.41) is 10.3. The van der Waals surface area contributed by atoms with Crippen LogP contribution in [0.25, 0.3) is 21.9 Å². The second-order valence-electron chi connectivity index (χ2n) is 7.00. The van der Waals surface area contributed by atoms with Crippen LogP contribution < -0.4 is 5.76 Å². The van der Waals surface area contributed by atoms with E-state index >= 15 is 0 Å². The lowest BCUT2D eigenvalue weighted by Crippen LogP contribution is -2.40. The van der Waals surface area contributed by atoms with Crippen molar-refractivity contribution in [1.82, 2.24) is 19.7 Å². The minimum Gasteiger partial charge on any atom is -0.462 e. The van der Waals surface area contributed by atoms with Crippen molar-refractivity contribution in [2.75, 3.05) is 13.1 Å². The lowest BCUT2D eigenvalue weighted by atomic mass is 9.97. The first-order valence-electron chi connectivity index (χ1n) is 9.42. The molecule has 29 heavy (non-hydrogen) atoms. The summed E-state index contributed by atoms with van der Waals surface area (Å²) in [6, 6.07) is 10.8. The molecule has 1 saturated heterocycles. The van der Waals surface area contributed by atoms with Crippen molar-refractivity contribution in [3.63, 3.8) is 0 Å². The second-order valence-corrected chi connectivity index (χ2v) is 8.01. The number of furan rings is 1. The Morgan fingerprint density at radius 3 is 2.76 bits per heavy atom. The number of hydrogen-bond acceptors (Lipinski definition) is 7. The molecule has 1 aromatic carbocycles. The molecule has 1 fully saturated rings. The number of hydrogen-bond donors (Lipinski definition) is 0. The number of piperidine rings is 1. The summed E-state index contributed by atoms with van der Waals surface area (Å²) in [6.07, 6.45) is 3.26. The molecule has 1 aliphatic rings. The standard InChI is InChI=1S/C20H18N4O4S/c25-17(12-24-14-4-1-2-5-15(14)28-20(24)26)23-9-7-13(8-10-23)18-21-22-19(29-18)16-6-3-11-27-16/h1-6,11,13H,7-10,12H2. The molecule has 0 radical (unpaired) electrons. The molecule has 0 saturated carbocycles. The van der Waals surface area contributed by atoms with E-state index in [2.05, 4.69) is 10.2 Å². The van der Waals surface area contributed by atoms with Crippen LogP contribution in [0.1, 0.15) is 23.8 Å². The van der Waals surface area contributed by atoms with Gasteiger partial charge in [-0.3, -0.25) is 9.36 Å². The molecule has 5 rings (SSSR count). The zero-order valence-electron chi connectivity index (χ0n) is 15.5. The molecular formula is C20H18N4O4S. The Balaban J connectivity index is 1.24. The first-order valence-corrected chi connectivity index (χ1v) is 10.2. The highest BCUT2D eigenvalue weighted by Gasteiger charge is 2.27. The van der Waals surface area contributed by atoms with Gasteiger partial charge in [0, 0.05) is 19.0 Å². The van der Waals surface area contributed by atoms with Gasteiger partial charge in [0.2, 0.25) is 5.91 Å². The van der Waals surface area contributed by atoms with Gasteiger partial charge in [-0.15, -0.1) is 10.2 Å². The maximum absolute atomic E-state index is 12.8. The summed E-state index contributed by atoms with van der Waals surface area (Å²) >= 11 is 1.54. The quantitative estimate of drug-likeness (QED) is 0.513. The highest BCUT2D eigenvalue weighted by atomic mass is 32.1. The van der Waals surface area contributed by atoms with Crippen molar-refractivity contribution in [2.45, 2.75) is 25.3 Å². The third-order valence-corrected chi connectivity index (χ3v) is 6.34. The molecule has 8 nitrogen and oxygen atoms in total. The summed E-state index contributed by atoms with van der Waals surface area (Å²) in [6.45, 7) is 1.25. The van der Waals surface area contributed by atoms with E-state index in [1.54, 1.807) is 29.4 Å². The molecule has 0 atom stereocenters. The van der Waals surface area contributed by atoms with E-state index in [1.165, 1.54) is 15.9 Å². The van der Waals surface area contributed by atoms with Crippen molar-refractivity contribution in [2.24, 2.45) is 0 Å². The molecule has 0 aliphatic carbocycles. The summed E-state index contributed by atoms with van der Waals surface area (Å²) < 4.78 is 12.0. The number of fused-ring (bicyclic) bond motifs is 1. The molecule has 148 valence electrons. The molecule has 3 aromatic heterocycles. The number of benzene rings is 1. The third-order valence-electron chi connectivity index (χ3n) is 5.24. The summed E-state index contributed by atoms with van der Waals surface area (Å²) in [5.41, 5.74) is 1.13. The van der Waals surface area contributed by atoms with Crippen LogP contribution in [0.5, 0.6) is 0 Å². The molecule has 9 heteroatoms. The van der Waals surface area contributed by atoms with Crippen LogP contribution in [0.2, 0.25) is 0 Å². The minimum absolute atomic E-state index is 0.0119. The predicted octanol–water partition coefficient (Wildman–Crippen LogP) is 3.11. The normalized spacial score (nSPS) is 15.2. The molecule has 4 aromatic rings. The van der Waals surface area contributed by atoms with Crippen LogP contribution in [-0.2, 0) is 11.3 Å². The van der Waals surface area contributed by atoms with Crippen LogP contribution >= 0.6 is 11.3 Å². The Morgan fingerprint density at radius 1 is 1.14 bits per heavy atom. The Labute approximate surface area is 169 Å². The van der Waals surface area contributed by atoms with Gasteiger partial charge in [0.05, 0.1) is 11.8 Å². The van der Waals surface area contributed by atoms with Crippen LogP contribution in [-0.4, -0.2) is 38.7 Å². The first kappa shape index (κ1) is 17.9.